The normalized spacial score (nSPS) is 24.1. The molecule has 3 rings (SSSR count). The van der Waals surface area contributed by atoms with Crippen LogP contribution in [0.25, 0.3) is 0 Å². The Labute approximate surface area is 145 Å². The Bertz CT molecular complexity index is 1010. The molecule has 10 nitrogen and oxygen atoms in total. The quantitative estimate of drug-likeness (QED) is 0.309. The molecule has 0 aromatic heterocycles. The molecule has 3 aliphatic rings. The van der Waals surface area contributed by atoms with Crippen LogP contribution in [0.3, 0.4) is 0 Å². The highest BCUT2D eigenvalue weighted by molar-refractivity contribution is 8.15. The predicted molar refractivity (Wildman–Crippen MR) is 92.2 cm³/mol. The first kappa shape index (κ1) is 17.0. The average Bonchev–Trinajstić information content (AvgIpc) is 2.95. The summed E-state index contributed by atoms with van der Waals surface area (Å²) in [4.78, 5) is 27.7. The first-order valence-corrected chi connectivity index (χ1v) is 8.60. The summed E-state index contributed by atoms with van der Waals surface area (Å²) < 4.78 is 22.0. The molecule has 0 aromatic carbocycles. The van der Waals surface area contributed by atoms with Crippen molar-refractivity contribution in [3.05, 3.63) is 68.1 Å². The standard InChI is InChI=1S/C13H8N4O6S2/c18-16(19)8-2-1-5-13(7-8,17(20)21)24-12-14-10-4-3-9(25(22)23)6-11(10)15-12/h1-6H,7H2. The van der Waals surface area contributed by atoms with Crippen molar-refractivity contribution < 1.29 is 18.3 Å². The molecule has 0 saturated carbocycles. The summed E-state index contributed by atoms with van der Waals surface area (Å²) in [6.45, 7) is 0. The second-order valence-corrected chi connectivity index (χ2v) is 7.26. The van der Waals surface area contributed by atoms with Gasteiger partial charge in [0.1, 0.15) is 6.42 Å². The first-order valence-electron chi connectivity index (χ1n) is 6.71. The van der Waals surface area contributed by atoms with Gasteiger partial charge in [-0.05, 0) is 18.2 Å². The predicted octanol–water partition coefficient (Wildman–Crippen LogP) is 1.13. The van der Waals surface area contributed by atoms with E-state index in [2.05, 4.69) is 9.98 Å². The number of fused-ring (bicyclic) bond motifs is 1. The molecule has 1 atom stereocenters. The number of hydrogen-bond donors (Lipinski definition) is 0. The molecule has 1 aliphatic heterocycles. The summed E-state index contributed by atoms with van der Waals surface area (Å²) in [5.74, 6) is 0. The molecule has 25 heavy (non-hydrogen) atoms. The number of hydrogen-bond acceptors (Lipinski definition) is 9. The van der Waals surface area contributed by atoms with Gasteiger partial charge in [-0.2, -0.15) is 8.42 Å². The van der Waals surface area contributed by atoms with Crippen molar-refractivity contribution >= 4 is 37.8 Å². The van der Waals surface area contributed by atoms with Crippen LogP contribution in [0.4, 0.5) is 0 Å². The Hall–Kier alpha value is -2.86. The zero-order valence-corrected chi connectivity index (χ0v) is 13.9. The maximum absolute atomic E-state index is 11.6. The van der Waals surface area contributed by atoms with Gasteiger partial charge in [0.25, 0.3) is 5.70 Å². The summed E-state index contributed by atoms with van der Waals surface area (Å²) in [7, 11) is -2.43. The summed E-state index contributed by atoms with van der Waals surface area (Å²) in [5.41, 5.74) is 0.361. The molecule has 0 N–H and O–H groups in total. The van der Waals surface area contributed by atoms with Gasteiger partial charge >= 0.3 is 4.87 Å². The molecule has 128 valence electrons. The van der Waals surface area contributed by atoms with E-state index in [4.69, 9.17) is 0 Å². The third-order valence-corrected chi connectivity index (χ3v) is 5.25. The molecule has 1 unspecified atom stereocenters. The Balaban J connectivity index is 1.93. The highest BCUT2D eigenvalue weighted by Crippen LogP contribution is 2.39. The number of rotatable bonds is 3. The van der Waals surface area contributed by atoms with Crippen LogP contribution < -0.4 is 0 Å². The van der Waals surface area contributed by atoms with Gasteiger partial charge in [-0.3, -0.25) is 20.2 Å². The third kappa shape index (κ3) is 3.21. The monoisotopic (exact) mass is 380 g/mol. The Morgan fingerprint density at radius 3 is 2.60 bits per heavy atom. The lowest BCUT2D eigenvalue weighted by Crippen LogP contribution is -2.36. The van der Waals surface area contributed by atoms with Crippen LogP contribution in [0, 0.1) is 20.2 Å². The lowest BCUT2D eigenvalue weighted by Gasteiger charge is -2.20. The van der Waals surface area contributed by atoms with Gasteiger partial charge in [0.15, 0.2) is 5.17 Å². The molecule has 0 fully saturated rings. The van der Waals surface area contributed by atoms with Crippen molar-refractivity contribution in [3.8, 4) is 0 Å². The summed E-state index contributed by atoms with van der Waals surface area (Å²) in [5, 5.41) is 22.5. The number of nitro groups is 2. The van der Waals surface area contributed by atoms with Crippen LogP contribution in [-0.2, 0) is 10.3 Å². The smallest absolute Gasteiger partial charge is 0.263 e. The minimum atomic E-state index is -2.43. The highest BCUT2D eigenvalue weighted by atomic mass is 32.2. The van der Waals surface area contributed by atoms with Crippen LogP contribution in [0.15, 0.2) is 57.8 Å². The van der Waals surface area contributed by atoms with Gasteiger partial charge in [-0.25, -0.2) is 9.98 Å². The van der Waals surface area contributed by atoms with E-state index in [-0.39, 0.29) is 21.4 Å². The van der Waals surface area contributed by atoms with E-state index >= 15 is 0 Å². The van der Waals surface area contributed by atoms with Crippen molar-refractivity contribution in [3.63, 3.8) is 0 Å². The summed E-state index contributed by atoms with van der Waals surface area (Å²) in [6.07, 6.45) is 7.38. The van der Waals surface area contributed by atoms with Crippen molar-refractivity contribution in [2.24, 2.45) is 9.98 Å². The van der Waals surface area contributed by atoms with E-state index in [9.17, 15) is 28.6 Å². The molecule has 1 heterocycles. The topological polar surface area (TPSA) is 145 Å². The van der Waals surface area contributed by atoms with E-state index in [0.29, 0.717) is 17.5 Å². The van der Waals surface area contributed by atoms with E-state index in [0.717, 1.165) is 0 Å². The van der Waals surface area contributed by atoms with Crippen LogP contribution in [0.1, 0.15) is 6.42 Å². The van der Waals surface area contributed by atoms with E-state index < -0.39 is 31.4 Å². The number of aliphatic imine (C=N–C) groups is 2. The minimum Gasteiger partial charge on any atom is -0.263 e. The molecule has 0 aromatic rings. The largest absolute Gasteiger partial charge is 0.303 e. The Morgan fingerprint density at radius 2 is 1.96 bits per heavy atom. The van der Waals surface area contributed by atoms with Crippen LogP contribution in [0.2, 0.25) is 0 Å². The molecule has 0 amide bonds. The SMILES string of the molecule is O=[N+]([O-])C1=CC=CC(SC2=NC3=CC(=S(=O)=O)C=CC3=N2)([N+](=O)[O-])C1. The van der Waals surface area contributed by atoms with Gasteiger partial charge in [-0.1, -0.05) is 6.08 Å². The molecule has 2 aliphatic carbocycles. The lowest BCUT2D eigenvalue weighted by atomic mass is 10.1. The fraction of sp³-hybridized carbons (Fsp3) is 0.154. The minimum absolute atomic E-state index is 0.0177. The van der Waals surface area contributed by atoms with Gasteiger partial charge in [-0.15, -0.1) is 0 Å². The second-order valence-electron chi connectivity index (χ2n) is 5.05. The lowest BCUT2D eigenvalue weighted by molar-refractivity contribution is -0.532. The average molecular weight is 380 g/mol. The highest BCUT2D eigenvalue weighted by Gasteiger charge is 2.48. The van der Waals surface area contributed by atoms with E-state index in [1.165, 1.54) is 36.5 Å². The van der Waals surface area contributed by atoms with Crippen molar-refractivity contribution in [2.45, 2.75) is 11.3 Å². The fourth-order valence-corrected chi connectivity index (χ4v) is 3.70. The molecule has 0 spiro atoms. The fourth-order valence-electron chi connectivity index (χ4n) is 2.27. The molecule has 0 saturated heterocycles. The van der Waals surface area contributed by atoms with Gasteiger partial charge in [0.2, 0.25) is 10.3 Å². The Kier molecular flexibility index (Phi) is 4.22. The molecular formula is C13H8N4O6S2. The molecule has 12 heteroatoms. The number of allylic oxidation sites excluding steroid dienone is 5. The summed E-state index contributed by atoms with van der Waals surface area (Å²) >= 11 is 0.674. The van der Waals surface area contributed by atoms with Crippen molar-refractivity contribution in [2.75, 3.05) is 0 Å². The second kappa shape index (κ2) is 6.22. The third-order valence-electron chi connectivity index (χ3n) is 3.46. The van der Waals surface area contributed by atoms with Crippen LogP contribution >= 0.6 is 11.8 Å². The number of thioether (sulfide) groups is 1. The first-order chi connectivity index (χ1) is 11.8. The molecule has 0 bridgehead atoms. The number of amidine groups is 1. The zero-order valence-electron chi connectivity index (χ0n) is 12.2. The molecule has 0 radical (unpaired) electrons. The van der Waals surface area contributed by atoms with Gasteiger partial charge < -0.3 is 0 Å². The maximum Gasteiger partial charge on any atom is 0.303 e. The van der Waals surface area contributed by atoms with Crippen molar-refractivity contribution in [1.82, 2.24) is 0 Å². The number of nitrogens with zero attached hydrogens (tertiary/aromatic N) is 4. The van der Waals surface area contributed by atoms with Crippen molar-refractivity contribution in [1.29, 1.82) is 0 Å². The van der Waals surface area contributed by atoms with Crippen LogP contribution in [0.5, 0.6) is 0 Å². The molecular weight excluding hydrogens is 372 g/mol. The summed E-state index contributed by atoms with van der Waals surface area (Å²) in [6, 6.07) is 0. The van der Waals surface area contributed by atoms with Gasteiger partial charge in [0.05, 0.1) is 21.2 Å². The maximum atomic E-state index is 11.6. The van der Waals surface area contributed by atoms with E-state index in [1.807, 2.05) is 0 Å². The Morgan fingerprint density at radius 1 is 1.20 bits per heavy atom. The van der Waals surface area contributed by atoms with Crippen LogP contribution in [-0.4, -0.2) is 38.9 Å². The zero-order chi connectivity index (χ0) is 18.2. The van der Waals surface area contributed by atoms with E-state index in [1.54, 1.807) is 0 Å². The van der Waals surface area contributed by atoms with Gasteiger partial charge in [0, 0.05) is 28.8 Å².